The van der Waals surface area contributed by atoms with Gasteiger partial charge in [-0.2, -0.15) is 0 Å². The third-order valence-corrected chi connectivity index (χ3v) is 5.93. The average Bonchev–Trinajstić information content (AvgIpc) is 3.22. The van der Waals surface area contributed by atoms with Gasteiger partial charge in [-0.1, -0.05) is 54.1 Å². The van der Waals surface area contributed by atoms with Crippen LogP contribution < -0.4 is 14.2 Å². The van der Waals surface area contributed by atoms with Crippen LogP contribution in [0.15, 0.2) is 66.7 Å². The molecule has 5 nitrogen and oxygen atoms in total. The maximum absolute atomic E-state index is 11.1. The first kappa shape index (κ1) is 23.0. The van der Waals surface area contributed by atoms with Crippen LogP contribution in [0.4, 0.5) is 0 Å². The molecule has 3 aromatic carbocycles. The van der Waals surface area contributed by atoms with E-state index in [2.05, 4.69) is 12.1 Å². The fourth-order valence-electron chi connectivity index (χ4n) is 3.99. The van der Waals surface area contributed by atoms with Gasteiger partial charge in [0.25, 0.3) is 0 Å². The predicted octanol–water partition coefficient (Wildman–Crippen LogP) is 5.75. The molecular weight excluding hydrogens is 440 g/mol. The molecule has 6 heteroatoms. The van der Waals surface area contributed by atoms with Gasteiger partial charge in [-0.3, -0.25) is 0 Å². The van der Waals surface area contributed by atoms with Gasteiger partial charge in [0.1, 0.15) is 23.4 Å². The Morgan fingerprint density at radius 2 is 1.79 bits per heavy atom. The van der Waals surface area contributed by atoms with Crippen LogP contribution in [0.3, 0.4) is 0 Å². The number of aliphatic carboxylic acids is 1. The van der Waals surface area contributed by atoms with Crippen molar-refractivity contribution in [3.63, 3.8) is 0 Å². The zero-order valence-electron chi connectivity index (χ0n) is 18.3. The van der Waals surface area contributed by atoms with Crippen molar-refractivity contribution in [2.24, 2.45) is 0 Å². The number of carboxylic acids is 1. The van der Waals surface area contributed by atoms with Crippen molar-refractivity contribution >= 4 is 17.6 Å². The summed E-state index contributed by atoms with van der Waals surface area (Å²) in [6.07, 6.45) is 4.17. The molecule has 1 aliphatic heterocycles. The quantitative estimate of drug-likeness (QED) is 0.364. The Hall–Kier alpha value is -3.18. The molecule has 0 spiro atoms. The number of hydrogen-bond donors (Lipinski definition) is 1. The lowest BCUT2D eigenvalue weighted by Gasteiger charge is -2.13. The van der Waals surface area contributed by atoms with Gasteiger partial charge in [0.15, 0.2) is 6.61 Å². The maximum atomic E-state index is 11.1. The summed E-state index contributed by atoms with van der Waals surface area (Å²) in [6, 6.07) is 21.7. The molecule has 1 aliphatic rings. The van der Waals surface area contributed by atoms with Crippen LogP contribution >= 0.6 is 11.6 Å². The summed E-state index contributed by atoms with van der Waals surface area (Å²) in [4.78, 5) is 11.1. The van der Waals surface area contributed by atoms with Crippen molar-refractivity contribution in [2.75, 3.05) is 13.2 Å². The molecular formula is C27H27ClO5. The number of carbonyl (C=O) groups is 1. The van der Waals surface area contributed by atoms with Crippen LogP contribution in [-0.4, -0.2) is 30.4 Å². The molecule has 4 rings (SSSR count). The van der Waals surface area contributed by atoms with Crippen molar-refractivity contribution in [3.8, 4) is 17.2 Å². The van der Waals surface area contributed by atoms with E-state index in [9.17, 15) is 4.79 Å². The lowest BCUT2D eigenvalue weighted by atomic mass is 10.0. The summed E-state index contributed by atoms with van der Waals surface area (Å²) < 4.78 is 17.6. The van der Waals surface area contributed by atoms with Crippen LogP contribution in [0.2, 0.25) is 5.02 Å². The summed E-state index contributed by atoms with van der Waals surface area (Å²) in [7, 11) is 0. The Kier molecular flexibility index (Phi) is 7.74. The van der Waals surface area contributed by atoms with Gasteiger partial charge in [-0.15, -0.1) is 0 Å². The minimum Gasteiger partial charge on any atom is -0.492 e. The van der Waals surface area contributed by atoms with Crippen LogP contribution in [0.5, 0.6) is 17.2 Å². The van der Waals surface area contributed by atoms with E-state index in [0.29, 0.717) is 29.5 Å². The molecule has 0 saturated heterocycles. The zero-order valence-corrected chi connectivity index (χ0v) is 19.1. The number of hydrogen-bond acceptors (Lipinski definition) is 4. The largest absolute Gasteiger partial charge is 0.492 e. The SMILES string of the molecule is O=C(O)COc1cc2c(cc1CCCOc1ccccc1Cl)OC(CCc1ccccc1)C2. The first-order valence-corrected chi connectivity index (χ1v) is 11.5. The van der Waals surface area contributed by atoms with Crippen molar-refractivity contribution in [1.82, 2.24) is 0 Å². The molecule has 0 fully saturated rings. The summed E-state index contributed by atoms with van der Waals surface area (Å²) in [6.45, 7) is 0.111. The summed E-state index contributed by atoms with van der Waals surface area (Å²) in [5.74, 6) is 1.11. The predicted molar refractivity (Wildman–Crippen MR) is 128 cm³/mol. The molecule has 0 radical (unpaired) electrons. The number of benzene rings is 3. The van der Waals surface area contributed by atoms with Crippen LogP contribution in [-0.2, 0) is 24.1 Å². The topological polar surface area (TPSA) is 65.0 Å². The van der Waals surface area contributed by atoms with E-state index >= 15 is 0 Å². The van der Waals surface area contributed by atoms with Gasteiger partial charge < -0.3 is 19.3 Å². The summed E-state index contributed by atoms with van der Waals surface area (Å²) in [5, 5.41) is 9.64. The molecule has 1 N–H and O–H groups in total. The number of aryl methyl sites for hydroxylation is 2. The third-order valence-electron chi connectivity index (χ3n) is 5.62. The van der Waals surface area contributed by atoms with Gasteiger partial charge in [0.2, 0.25) is 0 Å². The van der Waals surface area contributed by atoms with Gasteiger partial charge in [-0.05, 0) is 61.1 Å². The number of halogens is 1. The van der Waals surface area contributed by atoms with Gasteiger partial charge in [0, 0.05) is 12.0 Å². The van der Waals surface area contributed by atoms with Crippen LogP contribution in [0, 0.1) is 0 Å². The van der Waals surface area contributed by atoms with E-state index in [-0.39, 0.29) is 12.7 Å². The highest BCUT2D eigenvalue weighted by Crippen LogP contribution is 2.37. The minimum absolute atomic E-state index is 0.103. The van der Waals surface area contributed by atoms with E-state index < -0.39 is 5.97 Å². The normalized spacial score (nSPS) is 14.4. The molecule has 0 amide bonds. The van der Waals surface area contributed by atoms with Gasteiger partial charge in [0.05, 0.1) is 11.6 Å². The first-order valence-electron chi connectivity index (χ1n) is 11.2. The number of para-hydroxylation sites is 1. The number of carboxylic acid groups (broad SMARTS) is 1. The maximum Gasteiger partial charge on any atom is 0.341 e. The molecule has 0 bridgehead atoms. The number of fused-ring (bicyclic) bond motifs is 1. The Morgan fingerprint density at radius 3 is 2.58 bits per heavy atom. The van der Waals surface area contributed by atoms with Crippen molar-refractivity contribution in [2.45, 2.75) is 38.2 Å². The van der Waals surface area contributed by atoms with Crippen LogP contribution in [0.25, 0.3) is 0 Å². The lowest BCUT2D eigenvalue weighted by molar-refractivity contribution is -0.139. The fourth-order valence-corrected chi connectivity index (χ4v) is 4.18. The van der Waals surface area contributed by atoms with E-state index in [4.69, 9.17) is 30.9 Å². The smallest absolute Gasteiger partial charge is 0.341 e. The van der Waals surface area contributed by atoms with Crippen molar-refractivity contribution in [3.05, 3.63) is 88.4 Å². The summed E-state index contributed by atoms with van der Waals surface area (Å²) >= 11 is 6.14. The molecule has 1 atom stereocenters. The monoisotopic (exact) mass is 466 g/mol. The highest BCUT2D eigenvalue weighted by atomic mass is 35.5. The second-order valence-corrected chi connectivity index (χ2v) is 8.51. The van der Waals surface area contributed by atoms with E-state index in [1.165, 1.54) is 5.56 Å². The second kappa shape index (κ2) is 11.1. The fraction of sp³-hybridized carbons (Fsp3) is 0.296. The van der Waals surface area contributed by atoms with E-state index in [1.54, 1.807) is 6.07 Å². The summed E-state index contributed by atoms with van der Waals surface area (Å²) in [5.41, 5.74) is 3.27. The van der Waals surface area contributed by atoms with Crippen LogP contribution in [0.1, 0.15) is 29.5 Å². The molecule has 1 heterocycles. The molecule has 3 aromatic rings. The van der Waals surface area contributed by atoms with Crippen molar-refractivity contribution in [1.29, 1.82) is 0 Å². The molecule has 1 unspecified atom stereocenters. The molecule has 0 aliphatic carbocycles. The zero-order chi connectivity index (χ0) is 23.0. The Morgan fingerprint density at radius 1 is 1.00 bits per heavy atom. The van der Waals surface area contributed by atoms with Crippen molar-refractivity contribution < 1.29 is 24.1 Å². The minimum atomic E-state index is -1.000. The first-order chi connectivity index (χ1) is 16.1. The van der Waals surface area contributed by atoms with E-state index in [1.807, 2.05) is 48.5 Å². The molecule has 33 heavy (non-hydrogen) atoms. The Labute approximate surface area is 198 Å². The number of rotatable bonds is 11. The third kappa shape index (κ3) is 6.42. The highest BCUT2D eigenvalue weighted by Gasteiger charge is 2.25. The molecule has 172 valence electrons. The number of ether oxygens (including phenoxy) is 3. The highest BCUT2D eigenvalue weighted by molar-refractivity contribution is 6.32. The standard InChI is InChI=1S/C27H27ClO5/c28-23-10-4-5-11-24(23)31-14-6-9-20-16-26-21(17-25(20)32-18-27(29)30)15-22(33-26)13-12-19-7-2-1-3-8-19/h1-5,7-8,10-11,16-17,22H,6,9,12-15,18H2,(H,29,30). The molecule has 0 saturated carbocycles. The lowest BCUT2D eigenvalue weighted by Crippen LogP contribution is -2.13. The second-order valence-electron chi connectivity index (χ2n) is 8.10. The van der Waals surface area contributed by atoms with Gasteiger partial charge >= 0.3 is 5.97 Å². The molecule has 0 aromatic heterocycles. The van der Waals surface area contributed by atoms with E-state index in [0.717, 1.165) is 42.6 Å². The Balaban J connectivity index is 1.38. The average molecular weight is 467 g/mol. The van der Waals surface area contributed by atoms with Gasteiger partial charge in [-0.25, -0.2) is 4.79 Å². The Bertz CT molecular complexity index is 1080.